The zero-order valence-corrected chi connectivity index (χ0v) is 12.0. The number of aryl methyl sites for hydroxylation is 1. The number of pyridine rings is 1. The van der Waals surface area contributed by atoms with Crippen LogP contribution in [0, 0.1) is 6.92 Å². The fourth-order valence-corrected chi connectivity index (χ4v) is 3.40. The van der Waals surface area contributed by atoms with Gasteiger partial charge in [0.05, 0.1) is 0 Å². The second-order valence-electron chi connectivity index (χ2n) is 4.08. The van der Waals surface area contributed by atoms with E-state index in [-0.39, 0.29) is 0 Å². The van der Waals surface area contributed by atoms with Gasteiger partial charge in [0, 0.05) is 0 Å². The summed E-state index contributed by atoms with van der Waals surface area (Å²) in [5, 5.41) is 1.32. The van der Waals surface area contributed by atoms with Gasteiger partial charge < -0.3 is 0 Å². The quantitative estimate of drug-likeness (QED) is 0.625. The molecule has 2 radical (unpaired) electrons. The van der Waals surface area contributed by atoms with Crippen molar-refractivity contribution < 1.29 is 0 Å². The van der Waals surface area contributed by atoms with Gasteiger partial charge in [-0.3, -0.25) is 0 Å². The third kappa shape index (κ3) is 1.62. The maximum atomic E-state index is 4.46. The first-order valence-corrected chi connectivity index (χ1v) is 6.64. The summed E-state index contributed by atoms with van der Waals surface area (Å²) in [4.78, 5) is 4.46. The van der Waals surface area contributed by atoms with E-state index in [2.05, 4.69) is 45.5 Å². The number of para-hydroxylation sites is 1. The van der Waals surface area contributed by atoms with Crippen molar-refractivity contribution in [3.63, 3.8) is 0 Å². The third-order valence-electron chi connectivity index (χ3n) is 3.07. The first-order chi connectivity index (χ1) is 8.29. The Morgan fingerprint density at radius 3 is 2.53 bits per heavy atom. The molecule has 0 saturated carbocycles. The van der Waals surface area contributed by atoms with Crippen LogP contribution in [0.2, 0.25) is 0 Å². The van der Waals surface area contributed by atoms with Crippen LogP contribution in [0.15, 0.2) is 48.7 Å². The number of rotatable bonds is 1. The van der Waals surface area contributed by atoms with Crippen LogP contribution in [-0.4, -0.2) is 27.1 Å². The van der Waals surface area contributed by atoms with E-state index < -0.39 is 0 Å². The summed E-state index contributed by atoms with van der Waals surface area (Å²) in [6.45, 7) is 2.17. The molecule has 0 amide bonds. The Labute approximate surface area is 110 Å². The number of hydrogen-bond acceptors (Lipinski definition) is 1. The SMILES string of the molecule is Cc1c(-c2ccccn2)[n]([Ga])c2ccccc12. The molecule has 1 aromatic carbocycles. The summed E-state index contributed by atoms with van der Waals surface area (Å²) >= 11 is 1.59. The Bertz CT molecular complexity index is 632. The van der Waals surface area contributed by atoms with Crippen LogP contribution in [0.4, 0.5) is 0 Å². The van der Waals surface area contributed by atoms with Crippen molar-refractivity contribution in [3.05, 3.63) is 54.2 Å². The molecule has 3 heteroatoms. The third-order valence-corrected chi connectivity index (χ3v) is 4.20. The van der Waals surface area contributed by atoms with Crippen LogP contribution in [0.3, 0.4) is 0 Å². The predicted octanol–water partition coefficient (Wildman–Crippen LogP) is 2.94. The molecule has 0 saturated heterocycles. The Balaban J connectivity index is 2.38. The molecule has 2 heterocycles. The number of nitrogens with zero attached hydrogens (tertiary/aromatic N) is 2. The van der Waals surface area contributed by atoms with Gasteiger partial charge in [0.1, 0.15) is 0 Å². The van der Waals surface area contributed by atoms with Gasteiger partial charge >= 0.3 is 111 Å². The molecule has 0 bridgehead atoms. The van der Waals surface area contributed by atoms with Crippen LogP contribution in [0.5, 0.6) is 0 Å². The van der Waals surface area contributed by atoms with Crippen LogP contribution >= 0.6 is 0 Å². The van der Waals surface area contributed by atoms with E-state index in [4.69, 9.17) is 0 Å². The molecular weight excluding hydrogens is 266 g/mol. The summed E-state index contributed by atoms with van der Waals surface area (Å²) in [7, 11) is 0. The summed E-state index contributed by atoms with van der Waals surface area (Å²) in [5.41, 5.74) is 4.87. The Morgan fingerprint density at radius 1 is 1.06 bits per heavy atom. The van der Waals surface area contributed by atoms with Crippen molar-refractivity contribution in [1.82, 2.24) is 8.26 Å². The molecule has 0 unspecified atom stereocenters. The fourth-order valence-electron chi connectivity index (χ4n) is 2.25. The van der Waals surface area contributed by atoms with Crippen LogP contribution in [0.25, 0.3) is 22.3 Å². The van der Waals surface area contributed by atoms with Gasteiger partial charge in [0.2, 0.25) is 0 Å². The first kappa shape index (κ1) is 10.7. The van der Waals surface area contributed by atoms with Crippen LogP contribution in [0.1, 0.15) is 5.56 Å². The molecule has 0 atom stereocenters. The van der Waals surface area contributed by atoms with E-state index in [9.17, 15) is 0 Å². The van der Waals surface area contributed by atoms with E-state index in [1.165, 1.54) is 22.2 Å². The number of fused-ring (bicyclic) bond motifs is 1. The molecule has 3 rings (SSSR count). The monoisotopic (exact) mass is 276 g/mol. The van der Waals surface area contributed by atoms with Crippen molar-refractivity contribution in [1.29, 1.82) is 0 Å². The van der Waals surface area contributed by atoms with Crippen LogP contribution in [-0.2, 0) is 0 Å². The summed E-state index contributed by atoms with van der Waals surface area (Å²) in [6, 6.07) is 14.6. The van der Waals surface area contributed by atoms with Gasteiger partial charge in [-0.2, -0.15) is 0 Å². The van der Waals surface area contributed by atoms with Crippen LogP contribution < -0.4 is 0 Å². The van der Waals surface area contributed by atoms with Gasteiger partial charge in [0.15, 0.2) is 0 Å². The van der Waals surface area contributed by atoms with Gasteiger partial charge in [-0.15, -0.1) is 0 Å². The van der Waals surface area contributed by atoms with Crippen molar-refractivity contribution in [2.75, 3.05) is 0 Å². The number of benzene rings is 1. The molecule has 0 spiro atoms. The van der Waals surface area contributed by atoms with Gasteiger partial charge in [-0.05, 0) is 0 Å². The van der Waals surface area contributed by atoms with E-state index in [0.29, 0.717) is 0 Å². The molecule has 80 valence electrons. The van der Waals surface area contributed by atoms with E-state index in [1.54, 1.807) is 18.8 Å². The minimum atomic E-state index is 1.05. The standard InChI is InChI=1S/C14H11N2.Ga/c1-10-11-6-2-3-7-12(11)16-14(10)13-8-4-5-9-15-13;/h2-9H,1H3;/q-1;+1. The fraction of sp³-hybridized carbons (Fsp3) is 0.0714. The second-order valence-corrected chi connectivity index (χ2v) is 5.16. The molecule has 0 aliphatic rings. The Hall–Kier alpha value is -1.45. The van der Waals surface area contributed by atoms with Gasteiger partial charge in [-0.25, -0.2) is 0 Å². The minimum absolute atomic E-state index is 1.05. The Kier molecular flexibility index (Phi) is 2.57. The van der Waals surface area contributed by atoms with Crippen molar-refractivity contribution in [2.45, 2.75) is 6.92 Å². The summed E-state index contributed by atoms with van der Waals surface area (Å²) in [6.07, 6.45) is 1.85. The molecule has 17 heavy (non-hydrogen) atoms. The summed E-state index contributed by atoms with van der Waals surface area (Å²) < 4.78 is 2.28. The number of aromatic nitrogens is 2. The van der Waals surface area contributed by atoms with Crippen molar-refractivity contribution >= 4 is 29.7 Å². The topological polar surface area (TPSA) is 17.8 Å². The normalized spacial score (nSPS) is 10.9. The number of hydrogen-bond donors (Lipinski definition) is 0. The summed E-state index contributed by atoms with van der Waals surface area (Å²) in [5.74, 6) is 0. The Morgan fingerprint density at radius 2 is 1.82 bits per heavy atom. The molecule has 0 aliphatic carbocycles. The predicted molar refractivity (Wildman–Crippen MR) is 71.1 cm³/mol. The van der Waals surface area contributed by atoms with E-state index in [0.717, 1.165) is 5.69 Å². The van der Waals surface area contributed by atoms with Crippen molar-refractivity contribution in [3.8, 4) is 11.4 Å². The zero-order chi connectivity index (χ0) is 11.8. The average Bonchev–Trinajstić information content (AvgIpc) is 2.64. The molecule has 0 aliphatic heterocycles. The first-order valence-electron chi connectivity index (χ1n) is 5.55. The maximum absolute atomic E-state index is 4.46. The van der Waals surface area contributed by atoms with E-state index in [1.807, 2.05) is 18.3 Å². The molecule has 2 nitrogen and oxygen atoms in total. The van der Waals surface area contributed by atoms with Gasteiger partial charge in [0.25, 0.3) is 0 Å². The molecule has 0 fully saturated rings. The molecular formula is C14H11GaN2. The van der Waals surface area contributed by atoms with Crippen molar-refractivity contribution in [2.24, 2.45) is 0 Å². The average molecular weight is 277 g/mol. The zero-order valence-electron chi connectivity index (χ0n) is 9.59. The molecule has 2 aromatic heterocycles. The molecule has 0 N–H and O–H groups in total. The van der Waals surface area contributed by atoms with E-state index >= 15 is 0 Å². The van der Waals surface area contributed by atoms with Gasteiger partial charge in [-0.1, -0.05) is 0 Å². The second kappa shape index (κ2) is 4.09. The molecule has 3 aromatic rings.